The number of carbonyl (C=O) groups excluding carboxylic acids is 2. The van der Waals surface area contributed by atoms with Crippen molar-refractivity contribution in [2.75, 3.05) is 43.1 Å². The minimum atomic E-state index is -0.821. The summed E-state index contributed by atoms with van der Waals surface area (Å²) in [5, 5.41) is 18.5. The molecule has 35 heavy (non-hydrogen) atoms. The molecular formula is C24H25N5O6. The van der Waals surface area contributed by atoms with Crippen molar-refractivity contribution in [2.24, 2.45) is 0 Å². The molecule has 1 fully saturated rings. The first-order valence-electron chi connectivity index (χ1n) is 11.0. The first-order chi connectivity index (χ1) is 16.8. The van der Waals surface area contributed by atoms with Gasteiger partial charge in [0.15, 0.2) is 6.61 Å². The fourth-order valence-electron chi connectivity index (χ4n) is 3.91. The van der Waals surface area contributed by atoms with Crippen molar-refractivity contribution < 1.29 is 24.0 Å². The summed E-state index contributed by atoms with van der Waals surface area (Å²) in [5.41, 5.74) is 3.00. The standard InChI is InChI=1S/C24H25N5O6/c1-16-23(17(2)28(26-16)18-6-4-3-5-7-18)25-22(30)15-35-24(31)20-14-19(29(32)33)8-9-21(20)27-10-12-34-13-11-27/h3-9,14H,10-13,15H2,1-2H3,(H,25,30). The molecule has 1 aliphatic rings. The van der Waals surface area contributed by atoms with Crippen molar-refractivity contribution in [1.82, 2.24) is 9.78 Å². The Morgan fingerprint density at radius 3 is 2.54 bits per heavy atom. The molecule has 0 aliphatic carbocycles. The molecule has 1 aromatic heterocycles. The van der Waals surface area contributed by atoms with Crippen LogP contribution in [0.25, 0.3) is 5.69 Å². The van der Waals surface area contributed by atoms with E-state index in [2.05, 4.69) is 10.4 Å². The predicted octanol–water partition coefficient (Wildman–Crippen LogP) is 3.03. The molecule has 0 spiro atoms. The lowest BCUT2D eigenvalue weighted by molar-refractivity contribution is -0.384. The fourth-order valence-corrected chi connectivity index (χ4v) is 3.91. The maximum Gasteiger partial charge on any atom is 0.341 e. The number of anilines is 2. The molecular weight excluding hydrogens is 454 g/mol. The number of para-hydroxylation sites is 1. The van der Waals surface area contributed by atoms with Gasteiger partial charge in [0.25, 0.3) is 11.6 Å². The summed E-state index contributed by atoms with van der Waals surface area (Å²) in [6, 6.07) is 13.5. The quantitative estimate of drug-likeness (QED) is 0.311. The number of aromatic nitrogens is 2. The first-order valence-corrected chi connectivity index (χ1v) is 11.0. The molecule has 1 saturated heterocycles. The zero-order valence-corrected chi connectivity index (χ0v) is 19.4. The highest BCUT2D eigenvalue weighted by molar-refractivity contribution is 5.99. The maximum atomic E-state index is 12.9. The third kappa shape index (κ3) is 5.30. The van der Waals surface area contributed by atoms with E-state index in [9.17, 15) is 19.7 Å². The van der Waals surface area contributed by atoms with Crippen LogP contribution in [0.3, 0.4) is 0 Å². The molecule has 2 heterocycles. The maximum absolute atomic E-state index is 12.9. The first kappa shape index (κ1) is 23.9. The van der Waals surface area contributed by atoms with E-state index in [0.717, 1.165) is 11.4 Å². The summed E-state index contributed by atoms with van der Waals surface area (Å²) in [4.78, 5) is 38.0. The second-order valence-electron chi connectivity index (χ2n) is 7.98. The Morgan fingerprint density at radius 1 is 1.14 bits per heavy atom. The van der Waals surface area contributed by atoms with Gasteiger partial charge in [-0.25, -0.2) is 9.48 Å². The number of nitro benzene ring substituents is 1. The van der Waals surface area contributed by atoms with Gasteiger partial charge in [-0.05, 0) is 32.0 Å². The average Bonchev–Trinajstić information content (AvgIpc) is 3.16. The van der Waals surface area contributed by atoms with Gasteiger partial charge in [-0.2, -0.15) is 5.10 Å². The molecule has 182 valence electrons. The molecule has 4 rings (SSSR count). The number of non-ortho nitro benzene ring substituents is 1. The van der Waals surface area contributed by atoms with Crippen LogP contribution in [0.15, 0.2) is 48.5 Å². The van der Waals surface area contributed by atoms with E-state index >= 15 is 0 Å². The second-order valence-corrected chi connectivity index (χ2v) is 7.98. The van der Waals surface area contributed by atoms with Crippen LogP contribution < -0.4 is 10.2 Å². The molecule has 3 aromatic rings. The van der Waals surface area contributed by atoms with E-state index in [4.69, 9.17) is 9.47 Å². The van der Waals surface area contributed by atoms with E-state index < -0.39 is 23.4 Å². The Morgan fingerprint density at radius 2 is 1.86 bits per heavy atom. The number of hydrogen-bond acceptors (Lipinski definition) is 8. The summed E-state index contributed by atoms with van der Waals surface area (Å²) < 4.78 is 12.3. The van der Waals surface area contributed by atoms with Gasteiger partial charge < -0.3 is 19.7 Å². The van der Waals surface area contributed by atoms with Crippen LogP contribution >= 0.6 is 0 Å². The molecule has 1 aliphatic heterocycles. The van der Waals surface area contributed by atoms with Crippen LogP contribution in [0.2, 0.25) is 0 Å². The van der Waals surface area contributed by atoms with Gasteiger partial charge in [0.05, 0.1) is 52.2 Å². The highest BCUT2D eigenvalue weighted by atomic mass is 16.6. The lowest BCUT2D eigenvalue weighted by Gasteiger charge is -2.30. The normalized spacial score (nSPS) is 13.4. The average molecular weight is 479 g/mol. The van der Waals surface area contributed by atoms with Crippen molar-refractivity contribution in [3.05, 3.63) is 75.6 Å². The molecule has 0 bridgehead atoms. The highest BCUT2D eigenvalue weighted by Gasteiger charge is 2.24. The SMILES string of the molecule is Cc1nn(-c2ccccc2)c(C)c1NC(=O)COC(=O)c1cc([N+](=O)[O-])ccc1N1CCOCC1. The van der Waals surface area contributed by atoms with Crippen molar-refractivity contribution in [3.8, 4) is 5.69 Å². The Kier molecular flexibility index (Phi) is 7.06. The molecule has 1 N–H and O–H groups in total. The number of nitrogens with one attached hydrogen (secondary N) is 1. The third-order valence-electron chi connectivity index (χ3n) is 5.65. The Labute approximate surface area is 201 Å². The number of ether oxygens (including phenoxy) is 2. The highest BCUT2D eigenvalue weighted by Crippen LogP contribution is 2.27. The number of esters is 1. The largest absolute Gasteiger partial charge is 0.452 e. The van der Waals surface area contributed by atoms with E-state index in [-0.39, 0.29) is 11.3 Å². The summed E-state index contributed by atoms with van der Waals surface area (Å²) >= 11 is 0. The van der Waals surface area contributed by atoms with Crippen LogP contribution in [0.5, 0.6) is 0 Å². The molecule has 0 unspecified atom stereocenters. The summed E-state index contributed by atoms with van der Waals surface area (Å²) in [5.74, 6) is -1.37. The lowest BCUT2D eigenvalue weighted by Crippen LogP contribution is -2.37. The Bertz CT molecular complexity index is 1250. The summed E-state index contributed by atoms with van der Waals surface area (Å²) in [6.07, 6.45) is 0. The van der Waals surface area contributed by atoms with Gasteiger partial charge >= 0.3 is 5.97 Å². The van der Waals surface area contributed by atoms with E-state index in [1.165, 1.54) is 18.2 Å². The smallest absolute Gasteiger partial charge is 0.341 e. The van der Waals surface area contributed by atoms with Gasteiger partial charge in [0.2, 0.25) is 0 Å². The molecule has 0 radical (unpaired) electrons. The zero-order chi connectivity index (χ0) is 24.9. The number of rotatable bonds is 7. The van der Waals surface area contributed by atoms with Crippen molar-refractivity contribution in [1.29, 1.82) is 0 Å². The second kappa shape index (κ2) is 10.3. The van der Waals surface area contributed by atoms with Crippen molar-refractivity contribution in [3.63, 3.8) is 0 Å². The van der Waals surface area contributed by atoms with Crippen molar-refractivity contribution in [2.45, 2.75) is 13.8 Å². The fraction of sp³-hybridized carbons (Fsp3) is 0.292. The van der Waals surface area contributed by atoms with Gasteiger partial charge in [-0.3, -0.25) is 14.9 Å². The van der Waals surface area contributed by atoms with E-state index in [0.29, 0.717) is 43.4 Å². The summed E-state index contributed by atoms with van der Waals surface area (Å²) in [6.45, 7) is 5.05. The number of nitro groups is 1. The third-order valence-corrected chi connectivity index (χ3v) is 5.65. The number of carbonyl (C=O) groups is 2. The van der Waals surface area contributed by atoms with Crippen LogP contribution in [0, 0.1) is 24.0 Å². The molecule has 0 atom stereocenters. The van der Waals surface area contributed by atoms with E-state index in [1.54, 1.807) is 11.6 Å². The number of aryl methyl sites for hydroxylation is 1. The number of morpholine rings is 1. The van der Waals surface area contributed by atoms with Crippen molar-refractivity contribution >= 4 is 28.9 Å². The Balaban J connectivity index is 1.47. The number of amides is 1. The minimum absolute atomic E-state index is 0.0261. The van der Waals surface area contributed by atoms with Crippen LogP contribution in [0.4, 0.5) is 17.1 Å². The zero-order valence-electron chi connectivity index (χ0n) is 19.4. The van der Waals surface area contributed by atoms with E-state index in [1.807, 2.05) is 42.2 Å². The predicted molar refractivity (Wildman–Crippen MR) is 128 cm³/mol. The molecule has 1 amide bonds. The topological polar surface area (TPSA) is 129 Å². The van der Waals surface area contributed by atoms with Gasteiger partial charge in [-0.1, -0.05) is 18.2 Å². The van der Waals surface area contributed by atoms with Crippen LogP contribution in [-0.4, -0.2) is 59.5 Å². The van der Waals surface area contributed by atoms with Gasteiger partial charge in [0.1, 0.15) is 0 Å². The molecule has 11 heteroatoms. The number of benzene rings is 2. The van der Waals surface area contributed by atoms with Gasteiger partial charge in [0, 0.05) is 25.2 Å². The number of hydrogen-bond donors (Lipinski definition) is 1. The molecule has 11 nitrogen and oxygen atoms in total. The molecule has 2 aromatic carbocycles. The Hall–Kier alpha value is -4.25. The van der Waals surface area contributed by atoms with Crippen LogP contribution in [-0.2, 0) is 14.3 Å². The lowest BCUT2D eigenvalue weighted by atomic mass is 10.1. The van der Waals surface area contributed by atoms with Gasteiger partial charge in [-0.15, -0.1) is 0 Å². The summed E-state index contributed by atoms with van der Waals surface area (Å²) in [7, 11) is 0. The van der Waals surface area contributed by atoms with Crippen LogP contribution in [0.1, 0.15) is 21.7 Å². The number of nitrogens with zero attached hydrogens (tertiary/aromatic N) is 4. The monoisotopic (exact) mass is 479 g/mol. The minimum Gasteiger partial charge on any atom is -0.452 e. The molecule has 0 saturated carbocycles.